The van der Waals surface area contributed by atoms with E-state index >= 15 is 0 Å². The third kappa shape index (κ3) is 3.52. The molecule has 1 aliphatic heterocycles. The van der Waals surface area contributed by atoms with Crippen LogP contribution in [-0.4, -0.2) is 43.1 Å². The topological polar surface area (TPSA) is 78.9 Å². The number of aldehydes is 1. The zero-order valence-electron chi connectivity index (χ0n) is 10.0. The SMILES string of the molecule is CC(=O)O[C@H]1[C@H](OC(C)=O)[C@@H](C=O)CO[C@H]1C. The monoisotopic (exact) mass is 244 g/mol. The number of ether oxygens (including phenoxy) is 3. The van der Waals surface area contributed by atoms with Crippen LogP contribution in [0.2, 0.25) is 0 Å². The first-order chi connectivity index (χ1) is 7.95. The van der Waals surface area contributed by atoms with Crippen LogP contribution in [-0.2, 0) is 28.6 Å². The van der Waals surface area contributed by atoms with Crippen molar-refractivity contribution < 1.29 is 28.6 Å². The van der Waals surface area contributed by atoms with E-state index in [0.29, 0.717) is 6.29 Å². The molecule has 1 rings (SSSR count). The summed E-state index contributed by atoms with van der Waals surface area (Å²) in [6, 6.07) is 0. The lowest BCUT2D eigenvalue weighted by atomic mass is 9.93. The molecule has 0 N–H and O–H groups in total. The van der Waals surface area contributed by atoms with Crippen molar-refractivity contribution in [2.24, 2.45) is 5.92 Å². The number of carbonyl (C=O) groups excluding carboxylic acids is 3. The second-order valence-electron chi connectivity index (χ2n) is 3.99. The Labute approximate surface area is 99.2 Å². The van der Waals surface area contributed by atoms with Gasteiger partial charge in [-0.15, -0.1) is 0 Å². The van der Waals surface area contributed by atoms with E-state index in [1.54, 1.807) is 6.92 Å². The summed E-state index contributed by atoms with van der Waals surface area (Å²) >= 11 is 0. The summed E-state index contributed by atoms with van der Waals surface area (Å²) in [5.74, 6) is -1.64. The molecule has 0 saturated carbocycles. The van der Waals surface area contributed by atoms with Gasteiger partial charge in [0.2, 0.25) is 0 Å². The molecule has 1 aliphatic rings. The standard InChI is InChI=1S/C11H16O6/c1-6-10(16-7(2)13)11(17-8(3)14)9(4-12)5-15-6/h4,6,9-11H,5H2,1-3H3/t6-,9-,10+,11+/m0/s1. The molecule has 6 heteroatoms. The smallest absolute Gasteiger partial charge is 0.303 e. The van der Waals surface area contributed by atoms with Gasteiger partial charge >= 0.3 is 11.9 Å². The molecule has 0 bridgehead atoms. The first-order valence-electron chi connectivity index (χ1n) is 5.37. The predicted molar refractivity (Wildman–Crippen MR) is 56.1 cm³/mol. The van der Waals surface area contributed by atoms with Crippen molar-refractivity contribution in [2.45, 2.75) is 39.1 Å². The molecule has 0 radical (unpaired) electrons. The van der Waals surface area contributed by atoms with Crippen LogP contribution in [0.4, 0.5) is 0 Å². The molecule has 1 saturated heterocycles. The molecule has 0 amide bonds. The van der Waals surface area contributed by atoms with Crippen molar-refractivity contribution in [3.8, 4) is 0 Å². The maximum atomic E-state index is 11.0. The highest BCUT2D eigenvalue weighted by Crippen LogP contribution is 2.24. The highest BCUT2D eigenvalue weighted by Gasteiger charge is 2.42. The number of carbonyl (C=O) groups is 3. The largest absolute Gasteiger partial charge is 0.458 e. The second-order valence-corrected chi connectivity index (χ2v) is 3.99. The van der Waals surface area contributed by atoms with Gasteiger partial charge in [-0.2, -0.15) is 0 Å². The molecule has 0 unspecified atom stereocenters. The average molecular weight is 244 g/mol. The molecule has 0 aliphatic carbocycles. The Hall–Kier alpha value is -1.43. The fraction of sp³-hybridized carbons (Fsp3) is 0.727. The van der Waals surface area contributed by atoms with Crippen LogP contribution in [0, 0.1) is 5.92 Å². The molecule has 96 valence electrons. The molecule has 0 spiro atoms. The minimum Gasteiger partial charge on any atom is -0.458 e. The molecule has 0 aromatic carbocycles. The molecular weight excluding hydrogens is 228 g/mol. The molecule has 17 heavy (non-hydrogen) atoms. The van der Waals surface area contributed by atoms with Crippen molar-refractivity contribution in [3.05, 3.63) is 0 Å². The third-order valence-electron chi connectivity index (χ3n) is 2.54. The second kappa shape index (κ2) is 5.77. The lowest BCUT2D eigenvalue weighted by Crippen LogP contribution is -2.53. The zero-order chi connectivity index (χ0) is 13.0. The van der Waals surface area contributed by atoms with Crippen molar-refractivity contribution in [3.63, 3.8) is 0 Å². The van der Waals surface area contributed by atoms with Gasteiger partial charge in [0, 0.05) is 13.8 Å². The summed E-state index contributed by atoms with van der Waals surface area (Å²) in [5, 5.41) is 0. The molecule has 1 fully saturated rings. The number of hydrogen-bond acceptors (Lipinski definition) is 6. The molecule has 0 aromatic heterocycles. The Bertz CT molecular complexity index is 313. The molecule has 4 atom stereocenters. The van der Waals surface area contributed by atoms with E-state index in [-0.39, 0.29) is 6.61 Å². The quantitative estimate of drug-likeness (QED) is 0.517. The van der Waals surface area contributed by atoms with E-state index in [9.17, 15) is 14.4 Å². The Morgan fingerprint density at radius 1 is 1.18 bits per heavy atom. The van der Waals surface area contributed by atoms with Gasteiger partial charge in [0.15, 0.2) is 12.2 Å². The van der Waals surface area contributed by atoms with Crippen LogP contribution in [0.25, 0.3) is 0 Å². The summed E-state index contributed by atoms with van der Waals surface area (Å²) in [7, 11) is 0. The normalized spacial score (nSPS) is 32.6. The van der Waals surface area contributed by atoms with Gasteiger partial charge in [0.25, 0.3) is 0 Å². The fourth-order valence-corrected chi connectivity index (χ4v) is 1.78. The zero-order valence-corrected chi connectivity index (χ0v) is 10.0. The van der Waals surface area contributed by atoms with E-state index in [4.69, 9.17) is 14.2 Å². The first-order valence-corrected chi connectivity index (χ1v) is 5.37. The van der Waals surface area contributed by atoms with Gasteiger partial charge in [-0.25, -0.2) is 0 Å². The predicted octanol–water partition coefficient (Wildman–Crippen LogP) is 0.0836. The molecule has 0 aromatic rings. The van der Waals surface area contributed by atoms with Crippen LogP contribution in [0.1, 0.15) is 20.8 Å². The number of esters is 2. The highest BCUT2D eigenvalue weighted by atomic mass is 16.6. The van der Waals surface area contributed by atoms with E-state index in [0.717, 1.165) is 0 Å². The number of rotatable bonds is 3. The maximum absolute atomic E-state index is 11.0. The van der Waals surface area contributed by atoms with Crippen molar-refractivity contribution >= 4 is 18.2 Å². The summed E-state index contributed by atoms with van der Waals surface area (Å²) < 4.78 is 15.4. The minimum absolute atomic E-state index is 0.153. The van der Waals surface area contributed by atoms with E-state index in [1.165, 1.54) is 13.8 Å². The lowest BCUT2D eigenvalue weighted by molar-refractivity contribution is -0.201. The van der Waals surface area contributed by atoms with Gasteiger partial charge < -0.3 is 19.0 Å². The van der Waals surface area contributed by atoms with Crippen LogP contribution in [0.5, 0.6) is 0 Å². The van der Waals surface area contributed by atoms with Crippen LogP contribution < -0.4 is 0 Å². The fourth-order valence-electron chi connectivity index (χ4n) is 1.78. The lowest BCUT2D eigenvalue weighted by Gasteiger charge is -2.38. The Balaban J connectivity index is 2.86. The number of hydrogen-bond donors (Lipinski definition) is 0. The summed E-state index contributed by atoms with van der Waals surface area (Å²) in [6.07, 6.45) is -1.30. The Morgan fingerprint density at radius 3 is 2.18 bits per heavy atom. The Kier molecular flexibility index (Phi) is 4.62. The van der Waals surface area contributed by atoms with Crippen molar-refractivity contribution in [1.82, 2.24) is 0 Å². The van der Waals surface area contributed by atoms with Gasteiger partial charge in [0.05, 0.1) is 18.6 Å². The van der Waals surface area contributed by atoms with Crippen molar-refractivity contribution in [1.29, 1.82) is 0 Å². The molecular formula is C11H16O6. The van der Waals surface area contributed by atoms with Crippen LogP contribution in [0.15, 0.2) is 0 Å². The summed E-state index contributed by atoms with van der Waals surface area (Å²) in [5.41, 5.74) is 0. The maximum Gasteiger partial charge on any atom is 0.303 e. The van der Waals surface area contributed by atoms with Crippen LogP contribution in [0.3, 0.4) is 0 Å². The first kappa shape index (κ1) is 13.6. The van der Waals surface area contributed by atoms with Crippen molar-refractivity contribution in [2.75, 3.05) is 6.61 Å². The summed E-state index contributed by atoms with van der Waals surface area (Å²) in [4.78, 5) is 32.8. The van der Waals surface area contributed by atoms with E-state index in [1.807, 2.05) is 0 Å². The Morgan fingerprint density at radius 2 is 1.71 bits per heavy atom. The summed E-state index contributed by atoms with van der Waals surface area (Å²) in [6.45, 7) is 4.35. The average Bonchev–Trinajstić information content (AvgIpc) is 2.22. The van der Waals surface area contributed by atoms with Gasteiger partial charge in [-0.1, -0.05) is 0 Å². The third-order valence-corrected chi connectivity index (χ3v) is 2.54. The van der Waals surface area contributed by atoms with Gasteiger partial charge in [0.1, 0.15) is 6.29 Å². The van der Waals surface area contributed by atoms with Gasteiger partial charge in [-0.05, 0) is 6.92 Å². The highest BCUT2D eigenvalue weighted by molar-refractivity contribution is 5.68. The molecule has 6 nitrogen and oxygen atoms in total. The van der Waals surface area contributed by atoms with E-state index in [2.05, 4.69) is 0 Å². The van der Waals surface area contributed by atoms with Gasteiger partial charge in [-0.3, -0.25) is 9.59 Å². The van der Waals surface area contributed by atoms with E-state index < -0.39 is 36.2 Å². The van der Waals surface area contributed by atoms with Crippen LogP contribution >= 0.6 is 0 Å². The minimum atomic E-state index is -0.780. The molecule has 1 heterocycles.